The lowest BCUT2D eigenvalue weighted by Gasteiger charge is -2.33. The van der Waals surface area contributed by atoms with E-state index < -0.39 is 0 Å². The average molecular weight is 220 g/mol. The standard InChI is InChI=1S/C9H18BrN/c1-8(10)7-9-5-3-4-6-11(9)2/h8-9H,3-7H2,1-2H3. The van der Waals surface area contributed by atoms with Crippen molar-refractivity contribution in [2.45, 2.75) is 43.5 Å². The minimum Gasteiger partial charge on any atom is -0.303 e. The maximum atomic E-state index is 3.61. The van der Waals surface area contributed by atoms with Crippen LogP contribution in [0.25, 0.3) is 0 Å². The highest BCUT2D eigenvalue weighted by Gasteiger charge is 2.19. The first-order chi connectivity index (χ1) is 5.20. The van der Waals surface area contributed by atoms with Crippen molar-refractivity contribution in [2.75, 3.05) is 13.6 Å². The van der Waals surface area contributed by atoms with Crippen LogP contribution in [0.15, 0.2) is 0 Å². The molecule has 2 atom stereocenters. The van der Waals surface area contributed by atoms with E-state index in [0.717, 1.165) is 6.04 Å². The van der Waals surface area contributed by atoms with E-state index in [2.05, 4.69) is 34.8 Å². The Kier molecular flexibility index (Phi) is 3.86. The fourth-order valence-electron chi connectivity index (χ4n) is 1.82. The summed E-state index contributed by atoms with van der Waals surface area (Å²) in [4.78, 5) is 3.18. The molecular formula is C9H18BrN. The lowest BCUT2D eigenvalue weighted by molar-refractivity contribution is 0.177. The normalized spacial score (nSPS) is 30.3. The molecule has 1 aliphatic rings. The van der Waals surface area contributed by atoms with Crippen molar-refractivity contribution < 1.29 is 0 Å². The van der Waals surface area contributed by atoms with Gasteiger partial charge in [-0.3, -0.25) is 0 Å². The van der Waals surface area contributed by atoms with Crippen molar-refractivity contribution in [1.29, 1.82) is 0 Å². The smallest absolute Gasteiger partial charge is 0.0132 e. The first kappa shape index (κ1) is 9.53. The van der Waals surface area contributed by atoms with Crippen LogP contribution in [0.1, 0.15) is 32.6 Å². The maximum Gasteiger partial charge on any atom is 0.0132 e. The van der Waals surface area contributed by atoms with Gasteiger partial charge in [0.25, 0.3) is 0 Å². The molecule has 0 aromatic heterocycles. The summed E-state index contributed by atoms with van der Waals surface area (Å²) in [7, 11) is 2.25. The highest BCUT2D eigenvalue weighted by atomic mass is 79.9. The molecule has 2 unspecified atom stereocenters. The molecule has 0 bridgehead atoms. The molecule has 1 saturated heterocycles. The second-order valence-corrected chi connectivity index (χ2v) is 5.21. The van der Waals surface area contributed by atoms with Crippen LogP contribution in [0.5, 0.6) is 0 Å². The summed E-state index contributed by atoms with van der Waals surface area (Å²) in [5, 5.41) is 0. The van der Waals surface area contributed by atoms with Crippen LogP contribution in [-0.2, 0) is 0 Å². The van der Waals surface area contributed by atoms with E-state index in [-0.39, 0.29) is 0 Å². The van der Waals surface area contributed by atoms with Gasteiger partial charge in [0, 0.05) is 10.9 Å². The number of likely N-dealkylation sites (tertiary alicyclic amines) is 1. The average Bonchev–Trinajstić information content (AvgIpc) is 1.93. The second-order valence-electron chi connectivity index (χ2n) is 3.65. The molecule has 66 valence electrons. The Balaban J connectivity index is 2.29. The van der Waals surface area contributed by atoms with Crippen LogP contribution in [0.2, 0.25) is 0 Å². The third-order valence-corrected chi connectivity index (χ3v) is 2.89. The molecule has 0 aromatic rings. The van der Waals surface area contributed by atoms with E-state index in [1.54, 1.807) is 0 Å². The van der Waals surface area contributed by atoms with E-state index in [9.17, 15) is 0 Å². The first-order valence-corrected chi connectivity index (χ1v) is 5.46. The van der Waals surface area contributed by atoms with Gasteiger partial charge in [0.15, 0.2) is 0 Å². The van der Waals surface area contributed by atoms with Crippen molar-refractivity contribution in [2.24, 2.45) is 0 Å². The van der Waals surface area contributed by atoms with E-state index in [1.807, 2.05) is 0 Å². The summed E-state index contributed by atoms with van der Waals surface area (Å²) >= 11 is 3.61. The van der Waals surface area contributed by atoms with E-state index >= 15 is 0 Å². The van der Waals surface area contributed by atoms with Gasteiger partial charge in [0.05, 0.1) is 0 Å². The predicted molar refractivity (Wildman–Crippen MR) is 53.3 cm³/mol. The zero-order valence-electron chi connectivity index (χ0n) is 7.52. The highest BCUT2D eigenvalue weighted by molar-refractivity contribution is 9.09. The SMILES string of the molecule is CC(Br)CC1CCCCN1C. The van der Waals surface area contributed by atoms with Gasteiger partial charge < -0.3 is 4.90 Å². The molecule has 0 aromatic carbocycles. The molecular weight excluding hydrogens is 202 g/mol. The van der Waals surface area contributed by atoms with Gasteiger partial charge in [0.2, 0.25) is 0 Å². The predicted octanol–water partition coefficient (Wildman–Crippen LogP) is 2.64. The Hall–Kier alpha value is 0.440. The van der Waals surface area contributed by atoms with Crippen molar-refractivity contribution in [3.05, 3.63) is 0 Å². The summed E-state index contributed by atoms with van der Waals surface area (Å²) in [5.74, 6) is 0. The third kappa shape index (κ3) is 3.12. The minimum absolute atomic E-state index is 0.674. The number of hydrogen-bond acceptors (Lipinski definition) is 1. The quantitative estimate of drug-likeness (QED) is 0.646. The van der Waals surface area contributed by atoms with Crippen LogP contribution in [-0.4, -0.2) is 29.4 Å². The molecule has 0 N–H and O–H groups in total. The summed E-state index contributed by atoms with van der Waals surface area (Å²) in [5.41, 5.74) is 0. The molecule has 1 rings (SSSR count). The summed E-state index contributed by atoms with van der Waals surface area (Å²) in [6, 6.07) is 0.832. The largest absolute Gasteiger partial charge is 0.303 e. The van der Waals surface area contributed by atoms with E-state index in [0.29, 0.717) is 4.83 Å². The number of alkyl halides is 1. The van der Waals surface area contributed by atoms with Crippen molar-refractivity contribution in [3.63, 3.8) is 0 Å². The van der Waals surface area contributed by atoms with Crippen molar-refractivity contribution in [1.82, 2.24) is 4.90 Å². The molecule has 0 radical (unpaired) electrons. The molecule has 0 amide bonds. The Labute approximate surface area is 78.3 Å². The maximum absolute atomic E-state index is 3.61. The van der Waals surface area contributed by atoms with Crippen molar-refractivity contribution >= 4 is 15.9 Å². The van der Waals surface area contributed by atoms with Gasteiger partial charge in [0.1, 0.15) is 0 Å². The number of rotatable bonds is 2. The van der Waals surface area contributed by atoms with Gasteiger partial charge in [-0.2, -0.15) is 0 Å². The van der Waals surface area contributed by atoms with Crippen LogP contribution in [0.4, 0.5) is 0 Å². The minimum atomic E-state index is 0.674. The Bertz CT molecular complexity index is 114. The van der Waals surface area contributed by atoms with Crippen LogP contribution < -0.4 is 0 Å². The topological polar surface area (TPSA) is 3.24 Å². The van der Waals surface area contributed by atoms with E-state index in [1.165, 1.54) is 32.2 Å². The Morgan fingerprint density at radius 2 is 2.27 bits per heavy atom. The molecule has 11 heavy (non-hydrogen) atoms. The summed E-state index contributed by atoms with van der Waals surface area (Å²) in [6.45, 7) is 3.53. The Morgan fingerprint density at radius 3 is 2.82 bits per heavy atom. The summed E-state index contributed by atoms with van der Waals surface area (Å²) < 4.78 is 0. The van der Waals surface area contributed by atoms with Crippen LogP contribution >= 0.6 is 15.9 Å². The number of halogens is 1. The molecule has 2 heteroatoms. The molecule has 0 aliphatic carbocycles. The fourth-order valence-corrected chi connectivity index (χ4v) is 2.25. The van der Waals surface area contributed by atoms with Gasteiger partial charge >= 0.3 is 0 Å². The van der Waals surface area contributed by atoms with E-state index in [4.69, 9.17) is 0 Å². The second kappa shape index (κ2) is 4.46. The fraction of sp³-hybridized carbons (Fsp3) is 1.00. The van der Waals surface area contributed by atoms with Crippen LogP contribution in [0.3, 0.4) is 0 Å². The molecule has 1 heterocycles. The third-order valence-electron chi connectivity index (χ3n) is 2.52. The number of nitrogens with zero attached hydrogens (tertiary/aromatic N) is 1. The lowest BCUT2D eigenvalue weighted by Crippen LogP contribution is -2.37. The molecule has 1 nitrogen and oxygen atoms in total. The summed E-state index contributed by atoms with van der Waals surface area (Å²) in [6.07, 6.45) is 5.52. The molecule has 1 aliphatic heterocycles. The number of hydrogen-bond donors (Lipinski definition) is 0. The van der Waals surface area contributed by atoms with Gasteiger partial charge in [-0.25, -0.2) is 0 Å². The molecule has 0 spiro atoms. The first-order valence-electron chi connectivity index (χ1n) is 4.54. The van der Waals surface area contributed by atoms with Gasteiger partial charge in [-0.05, 0) is 32.9 Å². The van der Waals surface area contributed by atoms with Gasteiger partial charge in [-0.15, -0.1) is 0 Å². The zero-order chi connectivity index (χ0) is 8.27. The van der Waals surface area contributed by atoms with Crippen molar-refractivity contribution in [3.8, 4) is 0 Å². The van der Waals surface area contributed by atoms with Gasteiger partial charge in [-0.1, -0.05) is 29.3 Å². The zero-order valence-corrected chi connectivity index (χ0v) is 9.10. The molecule has 0 saturated carbocycles. The highest BCUT2D eigenvalue weighted by Crippen LogP contribution is 2.21. The number of piperidine rings is 1. The molecule has 1 fully saturated rings. The monoisotopic (exact) mass is 219 g/mol. The lowest BCUT2D eigenvalue weighted by atomic mass is 9.99. The van der Waals surface area contributed by atoms with Crippen LogP contribution in [0, 0.1) is 0 Å². The Morgan fingerprint density at radius 1 is 1.55 bits per heavy atom.